The normalized spacial score (nSPS) is 29.3. The smallest absolute Gasteiger partial charge is 0.0943 e. The lowest BCUT2D eigenvalue weighted by Gasteiger charge is -2.35. The molecule has 1 aliphatic rings. The predicted octanol–water partition coefficient (Wildman–Crippen LogP) is 5.33. The Morgan fingerprint density at radius 1 is 1.39 bits per heavy atom. The first-order valence-corrected chi connectivity index (χ1v) is 7.69. The van der Waals surface area contributed by atoms with E-state index in [1.807, 2.05) is 0 Å². The van der Waals surface area contributed by atoms with E-state index in [-0.39, 0.29) is 0 Å². The van der Waals surface area contributed by atoms with Crippen molar-refractivity contribution < 1.29 is 0 Å². The third-order valence-electron chi connectivity index (χ3n) is 4.60. The number of hydrogen-bond acceptors (Lipinski definition) is 1. The fraction of sp³-hybridized carbons (Fsp3) is 0.824. The van der Waals surface area contributed by atoms with Crippen molar-refractivity contribution in [2.24, 2.45) is 23.7 Å². The van der Waals surface area contributed by atoms with Crippen LogP contribution in [0, 0.1) is 35.0 Å². The Kier molecular flexibility index (Phi) is 6.47. The first-order chi connectivity index (χ1) is 8.58. The molecule has 102 valence electrons. The van der Waals surface area contributed by atoms with Crippen LogP contribution in [0.2, 0.25) is 0 Å². The minimum absolute atomic E-state index is 0.637. The maximum atomic E-state index is 9.23. The fourth-order valence-electron chi connectivity index (χ4n) is 3.03. The Morgan fingerprint density at radius 2 is 2.11 bits per heavy atom. The highest BCUT2D eigenvalue weighted by Gasteiger charge is 2.28. The lowest BCUT2D eigenvalue weighted by molar-refractivity contribution is 0.188. The molecule has 18 heavy (non-hydrogen) atoms. The minimum atomic E-state index is 0.637. The number of allylic oxidation sites excluding steroid dienone is 2. The fourth-order valence-corrected chi connectivity index (χ4v) is 3.03. The van der Waals surface area contributed by atoms with Crippen LogP contribution in [0.5, 0.6) is 0 Å². The van der Waals surface area contributed by atoms with Crippen LogP contribution >= 0.6 is 0 Å². The van der Waals surface area contributed by atoms with Crippen molar-refractivity contribution in [3.05, 3.63) is 11.6 Å². The molecule has 1 saturated carbocycles. The first kappa shape index (κ1) is 15.3. The van der Waals surface area contributed by atoms with Gasteiger partial charge in [0.25, 0.3) is 0 Å². The molecular weight excluding hydrogens is 218 g/mol. The highest BCUT2D eigenvalue weighted by Crippen LogP contribution is 2.38. The van der Waals surface area contributed by atoms with E-state index in [0.29, 0.717) is 5.92 Å². The molecule has 1 heteroatoms. The van der Waals surface area contributed by atoms with Crippen molar-refractivity contribution in [1.29, 1.82) is 5.26 Å². The van der Waals surface area contributed by atoms with Gasteiger partial charge in [-0.25, -0.2) is 0 Å². The molecule has 0 heterocycles. The summed E-state index contributed by atoms with van der Waals surface area (Å²) in [4.78, 5) is 0. The van der Waals surface area contributed by atoms with Crippen LogP contribution < -0.4 is 0 Å². The summed E-state index contributed by atoms with van der Waals surface area (Å²) in [5.74, 6) is 3.03. The second kappa shape index (κ2) is 7.62. The summed E-state index contributed by atoms with van der Waals surface area (Å²) in [6.07, 6.45) is 9.59. The summed E-state index contributed by atoms with van der Waals surface area (Å²) in [6, 6.07) is 2.41. The molecule has 0 N–H and O–H groups in total. The van der Waals surface area contributed by atoms with Crippen molar-refractivity contribution >= 4 is 0 Å². The average molecular weight is 247 g/mol. The summed E-state index contributed by atoms with van der Waals surface area (Å²) in [5, 5.41) is 9.23. The van der Waals surface area contributed by atoms with Gasteiger partial charge in [-0.1, -0.05) is 40.2 Å². The molecule has 1 nitrogen and oxygen atoms in total. The van der Waals surface area contributed by atoms with E-state index >= 15 is 0 Å². The maximum absolute atomic E-state index is 9.23. The van der Waals surface area contributed by atoms with E-state index in [0.717, 1.165) is 36.2 Å². The van der Waals surface area contributed by atoms with Crippen molar-refractivity contribution in [2.45, 2.75) is 66.2 Å². The summed E-state index contributed by atoms with van der Waals surface area (Å²) < 4.78 is 0. The zero-order valence-corrected chi connectivity index (χ0v) is 12.6. The van der Waals surface area contributed by atoms with E-state index in [9.17, 15) is 5.26 Å². The Balaban J connectivity index is 2.66. The highest BCUT2D eigenvalue weighted by atomic mass is 14.3. The van der Waals surface area contributed by atoms with Crippen molar-refractivity contribution in [2.75, 3.05) is 0 Å². The zero-order valence-electron chi connectivity index (χ0n) is 12.6. The van der Waals surface area contributed by atoms with E-state index in [1.54, 1.807) is 0 Å². The van der Waals surface area contributed by atoms with Gasteiger partial charge in [-0.05, 0) is 55.8 Å². The zero-order chi connectivity index (χ0) is 13.5. The van der Waals surface area contributed by atoms with Gasteiger partial charge in [0.2, 0.25) is 0 Å². The van der Waals surface area contributed by atoms with Gasteiger partial charge in [0, 0.05) is 5.57 Å². The molecule has 0 bridgehead atoms. The van der Waals surface area contributed by atoms with Crippen molar-refractivity contribution in [3.8, 4) is 6.07 Å². The van der Waals surface area contributed by atoms with E-state index < -0.39 is 0 Å². The minimum Gasteiger partial charge on any atom is -0.193 e. The Morgan fingerprint density at radius 3 is 2.67 bits per heavy atom. The van der Waals surface area contributed by atoms with Crippen LogP contribution in [-0.4, -0.2) is 0 Å². The van der Waals surface area contributed by atoms with E-state index in [1.165, 1.54) is 25.7 Å². The van der Waals surface area contributed by atoms with Gasteiger partial charge in [0.1, 0.15) is 0 Å². The number of nitrogens with zero attached hydrogens (tertiary/aromatic N) is 1. The van der Waals surface area contributed by atoms with Crippen LogP contribution in [0.1, 0.15) is 66.2 Å². The molecule has 0 aliphatic heterocycles. The van der Waals surface area contributed by atoms with Gasteiger partial charge in [0.05, 0.1) is 6.07 Å². The molecule has 0 aromatic heterocycles. The standard InChI is InChI=1S/C17H29N/c1-5-6-7-15(12-18)10-17-11-16(13(2)3)9-8-14(17)4/h10,13-14,16-17H,5-9,11H2,1-4H3. The van der Waals surface area contributed by atoms with Gasteiger partial charge < -0.3 is 0 Å². The summed E-state index contributed by atoms with van der Waals surface area (Å²) in [5.41, 5.74) is 1.03. The molecule has 0 spiro atoms. The molecule has 1 rings (SSSR count). The van der Waals surface area contributed by atoms with Gasteiger partial charge in [-0.2, -0.15) is 5.26 Å². The number of rotatable bonds is 5. The first-order valence-electron chi connectivity index (χ1n) is 7.69. The van der Waals surface area contributed by atoms with Crippen LogP contribution in [0.15, 0.2) is 11.6 Å². The molecule has 3 unspecified atom stereocenters. The monoisotopic (exact) mass is 247 g/mol. The Hall–Kier alpha value is -0.770. The second-order valence-electron chi connectivity index (χ2n) is 6.37. The topological polar surface area (TPSA) is 23.8 Å². The van der Waals surface area contributed by atoms with Crippen LogP contribution in [-0.2, 0) is 0 Å². The highest BCUT2D eigenvalue weighted by molar-refractivity contribution is 5.22. The predicted molar refractivity (Wildman–Crippen MR) is 78.1 cm³/mol. The van der Waals surface area contributed by atoms with Gasteiger partial charge in [0.15, 0.2) is 0 Å². The van der Waals surface area contributed by atoms with Crippen molar-refractivity contribution in [1.82, 2.24) is 0 Å². The van der Waals surface area contributed by atoms with Gasteiger partial charge in [-0.3, -0.25) is 0 Å². The lowest BCUT2D eigenvalue weighted by atomic mass is 9.71. The third kappa shape index (κ3) is 4.48. The van der Waals surface area contributed by atoms with Crippen LogP contribution in [0.3, 0.4) is 0 Å². The lowest BCUT2D eigenvalue weighted by Crippen LogP contribution is -2.24. The second-order valence-corrected chi connectivity index (χ2v) is 6.37. The third-order valence-corrected chi connectivity index (χ3v) is 4.60. The molecule has 0 radical (unpaired) electrons. The summed E-state index contributed by atoms with van der Waals surface area (Å²) in [6.45, 7) is 9.22. The van der Waals surface area contributed by atoms with Crippen LogP contribution in [0.4, 0.5) is 0 Å². The SMILES string of the molecule is CCCCC(C#N)=CC1CC(C(C)C)CCC1C. The number of unbranched alkanes of at least 4 members (excludes halogenated alkanes) is 1. The molecule has 0 aromatic rings. The van der Waals surface area contributed by atoms with Crippen molar-refractivity contribution in [3.63, 3.8) is 0 Å². The van der Waals surface area contributed by atoms with Crippen LogP contribution in [0.25, 0.3) is 0 Å². The molecule has 1 aliphatic carbocycles. The molecule has 3 atom stereocenters. The summed E-state index contributed by atoms with van der Waals surface area (Å²) in [7, 11) is 0. The van der Waals surface area contributed by atoms with Gasteiger partial charge in [-0.15, -0.1) is 0 Å². The van der Waals surface area contributed by atoms with E-state index in [2.05, 4.69) is 39.8 Å². The quantitative estimate of drug-likeness (QED) is 0.602. The Bertz CT molecular complexity index is 308. The molecule has 1 fully saturated rings. The Labute approximate surface area is 113 Å². The number of nitriles is 1. The molecule has 0 amide bonds. The maximum Gasteiger partial charge on any atom is 0.0943 e. The van der Waals surface area contributed by atoms with Gasteiger partial charge >= 0.3 is 0 Å². The molecule has 0 aromatic carbocycles. The summed E-state index contributed by atoms with van der Waals surface area (Å²) >= 11 is 0. The largest absolute Gasteiger partial charge is 0.193 e. The average Bonchev–Trinajstić information content (AvgIpc) is 2.36. The van der Waals surface area contributed by atoms with E-state index in [4.69, 9.17) is 0 Å². The number of hydrogen-bond donors (Lipinski definition) is 0. The molecule has 0 saturated heterocycles. The molecular formula is C17H29N.